The standard InChI is InChI=1S/C16H12BrNO4/c17-13-4-3-5-14(10-13)21-9-2-1-8-18-16(20)12-6-7-15(19)22-11-12/h3-7,10-11H,8-9H2,(H,18,20). The lowest BCUT2D eigenvalue weighted by Crippen LogP contribution is -2.23. The Morgan fingerprint density at radius 2 is 2.14 bits per heavy atom. The molecule has 0 spiro atoms. The number of benzene rings is 1. The Bertz CT molecular complexity index is 753. The second kappa shape index (κ2) is 8.05. The van der Waals surface area contributed by atoms with Crippen molar-refractivity contribution in [2.75, 3.05) is 13.2 Å². The van der Waals surface area contributed by atoms with Crippen LogP contribution in [0.15, 0.2) is 56.3 Å². The van der Waals surface area contributed by atoms with Crippen LogP contribution in [0, 0.1) is 11.8 Å². The van der Waals surface area contributed by atoms with Gasteiger partial charge < -0.3 is 14.5 Å². The molecule has 5 nitrogen and oxygen atoms in total. The Labute approximate surface area is 135 Å². The minimum atomic E-state index is -0.499. The quantitative estimate of drug-likeness (QED) is 0.847. The summed E-state index contributed by atoms with van der Waals surface area (Å²) in [6, 6.07) is 10.0. The first-order chi connectivity index (χ1) is 10.6. The molecule has 0 aliphatic rings. The van der Waals surface area contributed by atoms with Gasteiger partial charge in [0.2, 0.25) is 0 Å². The van der Waals surface area contributed by atoms with Crippen LogP contribution in [0.4, 0.5) is 0 Å². The molecule has 0 fully saturated rings. The van der Waals surface area contributed by atoms with Crippen molar-refractivity contribution in [3.63, 3.8) is 0 Å². The molecule has 1 aromatic carbocycles. The van der Waals surface area contributed by atoms with Crippen LogP contribution in [0.25, 0.3) is 0 Å². The van der Waals surface area contributed by atoms with Crippen molar-refractivity contribution in [1.82, 2.24) is 5.32 Å². The third-order valence-electron chi connectivity index (χ3n) is 2.53. The molecule has 0 saturated heterocycles. The number of carbonyl (C=O) groups excluding carboxylic acids is 1. The van der Waals surface area contributed by atoms with Crippen LogP contribution in [-0.2, 0) is 0 Å². The summed E-state index contributed by atoms with van der Waals surface area (Å²) in [6.45, 7) is 0.409. The lowest BCUT2D eigenvalue weighted by Gasteiger charge is -2.01. The molecule has 0 aliphatic carbocycles. The first kappa shape index (κ1) is 15.9. The number of carbonyl (C=O) groups is 1. The van der Waals surface area contributed by atoms with Gasteiger partial charge in [0.25, 0.3) is 5.91 Å². The van der Waals surface area contributed by atoms with Crippen LogP contribution >= 0.6 is 15.9 Å². The van der Waals surface area contributed by atoms with Crippen LogP contribution in [0.2, 0.25) is 0 Å². The molecule has 1 aromatic heterocycles. The highest BCUT2D eigenvalue weighted by molar-refractivity contribution is 9.10. The molecule has 2 aromatic rings. The minimum Gasteiger partial charge on any atom is -0.481 e. The fraction of sp³-hybridized carbons (Fsp3) is 0.125. The number of halogens is 1. The monoisotopic (exact) mass is 361 g/mol. The summed E-state index contributed by atoms with van der Waals surface area (Å²) >= 11 is 3.35. The lowest BCUT2D eigenvalue weighted by molar-refractivity contribution is 0.0956. The molecule has 1 heterocycles. The molecule has 0 unspecified atom stereocenters. The van der Waals surface area contributed by atoms with Crippen LogP contribution in [-0.4, -0.2) is 19.1 Å². The van der Waals surface area contributed by atoms with Crippen molar-refractivity contribution in [1.29, 1.82) is 0 Å². The third-order valence-corrected chi connectivity index (χ3v) is 3.03. The van der Waals surface area contributed by atoms with E-state index in [2.05, 4.69) is 37.5 Å². The van der Waals surface area contributed by atoms with E-state index in [0.717, 1.165) is 10.7 Å². The number of nitrogens with one attached hydrogen (secondary N) is 1. The molecular weight excluding hydrogens is 350 g/mol. The molecule has 0 atom stereocenters. The van der Waals surface area contributed by atoms with Gasteiger partial charge in [0.05, 0.1) is 12.1 Å². The van der Waals surface area contributed by atoms with Crippen LogP contribution in [0.3, 0.4) is 0 Å². The van der Waals surface area contributed by atoms with Gasteiger partial charge in [-0.2, -0.15) is 0 Å². The zero-order valence-corrected chi connectivity index (χ0v) is 13.1. The molecule has 1 amide bonds. The second-order valence-corrected chi connectivity index (χ2v) is 5.04. The van der Waals surface area contributed by atoms with Gasteiger partial charge in [-0.15, -0.1) is 0 Å². The lowest BCUT2D eigenvalue weighted by atomic mass is 10.3. The van der Waals surface area contributed by atoms with Crippen molar-refractivity contribution in [3.05, 3.63) is 63.1 Å². The van der Waals surface area contributed by atoms with Gasteiger partial charge in [-0.05, 0) is 24.3 Å². The molecule has 112 valence electrons. The third kappa shape index (κ3) is 5.11. The van der Waals surface area contributed by atoms with Gasteiger partial charge in [-0.25, -0.2) is 4.79 Å². The molecule has 0 radical (unpaired) electrons. The topological polar surface area (TPSA) is 68.5 Å². The smallest absolute Gasteiger partial charge is 0.335 e. The van der Waals surface area contributed by atoms with E-state index >= 15 is 0 Å². The number of hydrogen-bond acceptors (Lipinski definition) is 4. The summed E-state index contributed by atoms with van der Waals surface area (Å²) in [6.07, 6.45) is 1.11. The van der Waals surface area contributed by atoms with E-state index in [-0.39, 0.29) is 24.6 Å². The first-order valence-corrected chi connectivity index (χ1v) is 7.15. The minimum absolute atomic E-state index is 0.180. The largest absolute Gasteiger partial charge is 0.481 e. The summed E-state index contributed by atoms with van der Waals surface area (Å²) in [4.78, 5) is 22.4. The predicted molar refractivity (Wildman–Crippen MR) is 84.7 cm³/mol. The first-order valence-electron chi connectivity index (χ1n) is 6.36. The summed E-state index contributed by atoms with van der Waals surface area (Å²) in [5.74, 6) is 5.92. The molecule has 0 aliphatic heterocycles. The maximum absolute atomic E-state index is 11.7. The van der Waals surface area contributed by atoms with Crippen molar-refractivity contribution in [2.45, 2.75) is 0 Å². The Hall–Kier alpha value is -2.52. The van der Waals surface area contributed by atoms with E-state index in [4.69, 9.17) is 4.74 Å². The predicted octanol–water partition coefficient (Wildman–Crippen LogP) is 2.21. The summed E-state index contributed by atoms with van der Waals surface area (Å²) in [5.41, 5.74) is -0.229. The number of amides is 1. The zero-order chi connectivity index (χ0) is 15.8. The fourth-order valence-corrected chi connectivity index (χ4v) is 1.88. The van der Waals surface area contributed by atoms with Crippen LogP contribution in [0.5, 0.6) is 5.75 Å². The van der Waals surface area contributed by atoms with E-state index in [0.29, 0.717) is 5.75 Å². The molecule has 0 saturated carbocycles. The summed E-state index contributed by atoms with van der Waals surface area (Å²) in [5, 5.41) is 2.59. The molecule has 0 bridgehead atoms. The molecular formula is C16H12BrNO4. The summed E-state index contributed by atoms with van der Waals surface area (Å²) in [7, 11) is 0. The van der Waals surface area contributed by atoms with Gasteiger partial charge in [0.15, 0.2) is 0 Å². The Morgan fingerprint density at radius 1 is 1.27 bits per heavy atom. The Morgan fingerprint density at radius 3 is 2.86 bits per heavy atom. The van der Waals surface area contributed by atoms with E-state index in [1.165, 1.54) is 12.1 Å². The van der Waals surface area contributed by atoms with E-state index in [1.54, 1.807) is 0 Å². The van der Waals surface area contributed by atoms with Crippen LogP contribution < -0.4 is 15.7 Å². The maximum atomic E-state index is 11.7. The SMILES string of the molecule is O=C(NCC#CCOc1cccc(Br)c1)c1ccc(=O)oc1. The zero-order valence-electron chi connectivity index (χ0n) is 11.5. The Kier molecular flexibility index (Phi) is 5.81. The highest BCUT2D eigenvalue weighted by atomic mass is 79.9. The Balaban J connectivity index is 1.74. The molecule has 1 N–H and O–H groups in total. The van der Waals surface area contributed by atoms with Crippen molar-refractivity contribution >= 4 is 21.8 Å². The van der Waals surface area contributed by atoms with E-state index in [9.17, 15) is 9.59 Å². The van der Waals surface area contributed by atoms with Gasteiger partial charge in [0.1, 0.15) is 18.6 Å². The fourth-order valence-electron chi connectivity index (χ4n) is 1.50. The molecule has 22 heavy (non-hydrogen) atoms. The van der Waals surface area contributed by atoms with Gasteiger partial charge in [-0.3, -0.25) is 4.79 Å². The molecule has 6 heteroatoms. The van der Waals surface area contributed by atoms with Crippen molar-refractivity contribution in [3.8, 4) is 17.6 Å². The van der Waals surface area contributed by atoms with Gasteiger partial charge >= 0.3 is 5.63 Å². The summed E-state index contributed by atoms with van der Waals surface area (Å²) < 4.78 is 11.0. The highest BCUT2D eigenvalue weighted by Crippen LogP contribution is 2.17. The van der Waals surface area contributed by atoms with E-state index in [1.807, 2.05) is 24.3 Å². The normalized spacial score (nSPS) is 9.50. The molecule has 2 rings (SSSR count). The van der Waals surface area contributed by atoms with Gasteiger partial charge in [0, 0.05) is 10.5 Å². The van der Waals surface area contributed by atoms with Crippen molar-refractivity contribution in [2.24, 2.45) is 0 Å². The average molecular weight is 362 g/mol. The number of hydrogen-bond donors (Lipinski definition) is 1. The van der Waals surface area contributed by atoms with Crippen molar-refractivity contribution < 1.29 is 13.9 Å². The average Bonchev–Trinajstić information content (AvgIpc) is 2.51. The van der Waals surface area contributed by atoms with E-state index < -0.39 is 5.63 Å². The highest BCUT2D eigenvalue weighted by Gasteiger charge is 2.04. The van der Waals surface area contributed by atoms with Crippen LogP contribution in [0.1, 0.15) is 10.4 Å². The van der Waals surface area contributed by atoms with Gasteiger partial charge in [-0.1, -0.05) is 33.8 Å². The number of ether oxygens (including phenoxy) is 1. The maximum Gasteiger partial charge on any atom is 0.335 e. The number of rotatable bonds is 4. The second-order valence-electron chi connectivity index (χ2n) is 4.13.